The Morgan fingerprint density at radius 3 is 2.43 bits per heavy atom. The highest BCUT2D eigenvalue weighted by Crippen LogP contribution is 2.37. The number of rotatable bonds is 5. The van der Waals surface area contributed by atoms with E-state index in [0.29, 0.717) is 6.04 Å². The van der Waals surface area contributed by atoms with Gasteiger partial charge in [-0.1, -0.05) is 56.7 Å². The van der Waals surface area contributed by atoms with Gasteiger partial charge >= 0.3 is 0 Å². The van der Waals surface area contributed by atoms with Crippen LogP contribution in [0.1, 0.15) is 69.0 Å². The van der Waals surface area contributed by atoms with Gasteiger partial charge in [-0.2, -0.15) is 0 Å². The minimum absolute atomic E-state index is 0.433. The lowest BCUT2D eigenvalue weighted by Crippen LogP contribution is -2.29. The van der Waals surface area contributed by atoms with Gasteiger partial charge in [0.25, 0.3) is 0 Å². The van der Waals surface area contributed by atoms with E-state index in [1.807, 2.05) is 0 Å². The van der Waals surface area contributed by atoms with Crippen molar-refractivity contribution in [2.24, 2.45) is 5.92 Å². The summed E-state index contributed by atoms with van der Waals surface area (Å²) in [7, 11) is 1.79. The molecule has 1 aliphatic carbocycles. The Kier molecular flexibility index (Phi) is 6.56. The Labute approximate surface area is 130 Å². The van der Waals surface area contributed by atoms with Crippen molar-refractivity contribution in [1.29, 1.82) is 0 Å². The zero-order valence-corrected chi connectivity index (χ0v) is 14.0. The van der Waals surface area contributed by atoms with Crippen LogP contribution in [0.3, 0.4) is 0 Å². The Bertz CT molecular complexity index is 422. The molecule has 1 saturated carbocycles. The van der Waals surface area contributed by atoms with E-state index in [4.69, 9.17) is 4.74 Å². The number of hydrogen-bond donors (Lipinski definition) is 1. The lowest BCUT2D eigenvalue weighted by Gasteiger charge is -2.31. The maximum absolute atomic E-state index is 5.63. The molecular formula is C19H31NO. The maximum atomic E-state index is 5.63. The zero-order chi connectivity index (χ0) is 15.1. The van der Waals surface area contributed by atoms with Crippen molar-refractivity contribution < 1.29 is 4.74 Å². The van der Waals surface area contributed by atoms with Crippen LogP contribution in [0.15, 0.2) is 18.2 Å². The van der Waals surface area contributed by atoms with Gasteiger partial charge in [0.2, 0.25) is 0 Å². The molecular weight excluding hydrogens is 258 g/mol. The van der Waals surface area contributed by atoms with Crippen LogP contribution in [-0.2, 0) is 0 Å². The molecule has 1 unspecified atom stereocenters. The summed E-state index contributed by atoms with van der Waals surface area (Å²) in [6.45, 7) is 5.39. The molecule has 1 aromatic rings. The Morgan fingerprint density at radius 1 is 1.14 bits per heavy atom. The minimum atomic E-state index is 0.433. The molecule has 2 heteroatoms. The van der Waals surface area contributed by atoms with E-state index >= 15 is 0 Å². The van der Waals surface area contributed by atoms with Gasteiger partial charge in [-0.05, 0) is 38.3 Å². The quantitative estimate of drug-likeness (QED) is 0.822. The third-order valence-electron chi connectivity index (χ3n) is 4.77. The molecule has 21 heavy (non-hydrogen) atoms. The molecule has 1 fully saturated rings. The smallest absolute Gasteiger partial charge is 0.123 e. The number of benzene rings is 1. The van der Waals surface area contributed by atoms with Crippen LogP contribution < -0.4 is 10.1 Å². The molecule has 1 atom stereocenters. The number of ether oxygens (including phenoxy) is 1. The van der Waals surface area contributed by atoms with Gasteiger partial charge in [0.05, 0.1) is 7.11 Å². The minimum Gasteiger partial charge on any atom is -0.496 e. The van der Waals surface area contributed by atoms with Gasteiger partial charge in [-0.15, -0.1) is 0 Å². The fourth-order valence-corrected chi connectivity index (χ4v) is 3.67. The van der Waals surface area contributed by atoms with Crippen LogP contribution in [0.2, 0.25) is 0 Å². The van der Waals surface area contributed by atoms with E-state index in [1.54, 1.807) is 7.11 Å². The van der Waals surface area contributed by atoms with Gasteiger partial charge < -0.3 is 10.1 Å². The highest BCUT2D eigenvalue weighted by molar-refractivity contribution is 5.39. The molecule has 0 spiro atoms. The van der Waals surface area contributed by atoms with Crippen molar-refractivity contribution in [2.75, 3.05) is 13.7 Å². The molecule has 0 saturated heterocycles. The monoisotopic (exact) mass is 289 g/mol. The van der Waals surface area contributed by atoms with Gasteiger partial charge in [0.1, 0.15) is 5.75 Å². The second-order valence-electron chi connectivity index (χ2n) is 6.39. The molecule has 118 valence electrons. The fraction of sp³-hybridized carbons (Fsp3) is 0.684. The van der Waals surface area contributed by atoms with E-state index in [0.717, 1.165) is 18.2 Å². The standard InChI is InChI=1S/C19H31NO/c1-4-20-19(16-10-8-6-5-7-9-11-16)17-14-15(2)12-13-18(17)21-3/h12-14,16,19-20H,4-11H2,1-3H3. The summed E-state index contributed by atoms with van der Waals surface area (Å²) >= 11 is 0. The summed E-state index contributed by atoms with van der Waals surface area (Å²) in [5, 5.41) is 3.74. The Hall–Kier alpha value is -1.02. The first-order valence-corrected chi connectivity index (χ1v) is 8.64. The van der Waals surface area contributed by atoms with Crippen LogP contribution in [0.25, 0.3) is 0 Å². The van der Waals surface area contributed by atoms with Gasteiger partial charge in [-0.25, -0.2) is 0 Å². The van der Waals surface area contributed by atoms with Gasteiger partial charge in [0, 0.05) is 11.6 Å². The van der Waals surface area contributed by atoms with Crippen LogP contribution in [-0.4, -0.2) is 13.7 Å². The molecule has 0 heterocycles. The number of hydrogen-bond acceptors (Lipinski definition) is 2. The zero-order valence-electron chi connectivity index (χ0n) is 14.0. The summed E-state index contributed by atoms with van der Waals surface area (Å²) in [5.74, 6) is 1.77. The van der Waals surface area contributed by atoms with E-state index < -0.39 is 0 Å². The SMILES string of the molecule is CCNC(c1cc(C)ccc1OC)C1CCCCCCC1. The second-order valence-corrected chi connectivity index (χ2v) is 6.39. The van der Waals surface area contributed by atoms with Crippen LogP contribution in [0, 0.1) is 12.8 Å². The van der Waals surface area contributed by atoms with E-state index in [1.165, 1.54) is 56.1 Å². The fourth-order valence-electron chi connectivity index (χ4n) is 3.67. The van der Waals surface area contributed by atoms with Crippen LogP contribution in [0.5, 0.6) is 5.75 Å². The molecule has 1 N–H and O–H groups in total. The molecule has 0 bridgehead atoms. The van der Waals surface area contributed by atoms with Gasteiger partial charge in [0.15, 0.2) is 0 Å². The van der Waals surface area contributed by atoms with Crippen molar-refractivity contribution in [3.63, 3.8) is 0 Å². The van der Waals surface area contributed by atoms with Gasteiger partial charge in [-0.3, -0.25) is 0 Å². The highest BCUT2D eigenvalue weighted by atomic mass is 16.5. The van der Waals surface area contributed by atoms with Crippen molar-refractivity contribution >= 4 is 0 Å². The van der Waals surface area contributed by atoms with Crippen LogP contribution >= 0.6 is 0 Å². The molecule has 0 radical (unpaired) electrons. The molecule has 0 aromatic heterocycles. The van der Waals surface area contributed by atoms with E-state index in [2.05, 4.69) is 37.4 Å². The van der Waals surface area contributed by atoms with Crippen molar-refractivity contribution in [1.82, 2.24) is 5.32 Å². The van der Waals surface area contributed by atoms with Crippen molar-refractivity contribution in [3.05, 3.63) is 29.3 Å². The second kappa shape index (κ2) is 8.43. The number of aryl methyl sites for hydroxylation is 1. The summed E-state index contributed by atoms with van der Waals surface area (Å²) in [5.41, 5.74) is 2.67. The third-order valence-corrected chi connectivity index (χ3v) is 4.77. The molecule has 0 amide bonds. The summed E-state index contributed by atoms with van der Waals surface area (Å²) in [4.78, 5) is 0. The number of methoxy groups -OCH3 is 1. The van der Waals surface area contributed by atoms with E-state index in [-0.39, 0.29) is 0 Å². The van der Waals surface area contributed by atoms with Crippen molar-refractivity contribution in [2.45, 2.75) is 64.8 Å². The average molecular weight is 289 g/mol. The molecule has 1 aromatic carbocycles. The molecule has 0 aliphatic heterocycles. The first-order chi connectivity index (χ1) is 10.3. The molecule has 1 aliphatic rings. The Balaban J connectivity index is 2.25. The summed E-state index contributed by atoms with van der Waals surface area (Å²) in [6, 6.07) is 7.01. The normalized spacial score (nSPS) is 18.8. The predicted octanol–water partition coefficient (Wildman–Crippen LogP) is 5.01. The lowest BCUT2D eigenvalue weighted by atomic mass is 9.82. The first-order valence-electron chi connectivity index (χ1n) is 8.64. The maximum Gasteiger partial charge on any atom is 0.123 e. The first kappa shape index (κ1) is 16.4. The molecule has 2 nitrogen and oxygen atoms in total. The summed E-state index contributed by atoms with van der Waals surface area (Å²) in [6.07, 6.45) is 9.66. The number of nitrogens with one attached hydrogen (secondary N) is 1. The highest BCUT2D eigenvalue weighted by Gasteiger charge is 2.25. The van der Waals surface area contributed by atoms with E-state index in [9.17, 15) is 0 Å². The topological polar surface area (TPSA) is 21.3 Å². The Morgan fingerprint density at radius 2 is 1.81 bits per heavy atom. The summed E-state index contributed by atoms with van der Waals surface area (Å²) < 4.78 is 5.63. The van der Waals surface area contributed by atoms with Crippen molar-refractivity contribution in [3.8, 4) is 5.75 Å². The lowest BCUT2D eigenvalue weighted by molar-refractivity contribution is 0.284. The van der Waals surface area contributed by atoms with Crippen LogP contribution in [0.4, 0.5) is 0 Å². The third kappa shape index (κ3) is 4.47. The average Bonchev–Trinajstić information content (AvgIpc) is 2.45. The largest absolute Gasteiger partial charge is 0.496 e. The molecule has 2 rings (SSSR count). The predicted molar refractivity (Wildman–Crippen MR) is 90.0 cm³/mol.